The molecular weight excluding hydrogens is 160 g/mol. The van der Waals surface area contributed by atoms with Gasteiger partial charge >= 0.3 is 0 Å². The van der Waals surface area contributed by atoms with E-state index in [0.717, 1.165) is 11.1 Å². The molecule has 66 valence electrons. The molecule has 0 radical (unpaired) electrons. The summed E-state index contributed by atoms with van der Waals surface area (Å²) >= 11 is 0. The molecule has 1 heteroatoms. The quantitative estimate of drug-likeness (QED) is 0.692. The Hall–Kier alpha value is -1.52. The number of aliphatic hydroxyl groups excluding tert-OH is 1. The molecule has 0 unspecified atom stereocenters. The molecule has 1 aromatic rings. The minimum Gasteiger partial charge on any atom is -0.396 e. The van der Waals surface area contributed by atoms with Crippen molar-refractivity contribution in [2.24, 2.45) is 0 Å². The average molecular weight is 172 g/mol. The van der Waals surface area contributed by atoms with Gasteiger partial charge in [0.1, 0.15) is 0 Å². The van der Waals surface area contributed by atoms with Crippen molar-refractivity contribution in [2.45, 2.75) is 6.42 Å². The van der Waals surface area contributed by atoms with Crippen LogP contribution in [0.4, 0.5) is 0 Å². The first-order chi connectivity index (χ1) is 6.38. The van der Waals surface area contributed by atoms with Crippen LogP contribution in [-0.2, 0) is 0 Å². The number of hydrogen-bond acceptors (Lipinski definition) is 1. The van der Waals surface area contributed by atoms with Crippen LogP contribution in [0.15, 0.2) is 36.4 Å². The van der Waals surface area contributed by atoms with Gasteiger partial charge in [-0.15, -0.1) is 6.42 Å². The third-order valence-electron chi connectivity index (χ3n) is 1.72. The highest BCUT2D eigenvalue weighted by atomic mass is 16.2. The summed E-state index contributed by atoms with van der Waals surface area (Å²) in [7, 11) is 0. The Kier molecular flexibility index (Phi) is 3.81. The molecule has 1 rings (SSSR count). The predicted molar refractivity (Wildman–Crippen MR) is 55.0 cm³/mol. The summed E-state index contributed by atoms with van der Waals surface area (Å²) in [4.78, 5) is 0. The molecule has 0 aliphatic heterocycles. The second-order valence-electron chi connectivity index (χ2n) is 2.64. The van der Waals surface area contributed by atoms with Crippen LogP contribution in [0.1, 0.15) is 12.0 Å². The van der Waals surface area contributed by atoms with Crippen molar-refractivity contribution < 1.29 is 5.11 Å². The van der Waals surface area contributed by atoms with Crippen molar-refractivity contribution in [3.63, 3.8) is 0 Å². The molecule has 0 spiro atoms. The zero-order valence-electron chi connectivity index (χ0n) is 7.40. The first-order valence-electron chi connectivity index (χ1n) is 4.21. The van der Waals surface area contributed by atoms with Gasteiger partial charge in [-0.2, -0.15) is 0 Å². The van der Waals surface area contributed by atoms with Gasteiger partial charge in [-0.1, -0.05) is 42.3 Å². The van der Waals surface area contributed by atoms with E-state index in [1.54, 1.807) is 0 Å². The molecule has 0 saturated heterocycles. The second kappa shape index (κ2) is 5.18. The Morgan fingerprint density at radius 2 is 2.08 bits per heavy atom. The topological polar surface area (TPSA) is 20.2 Å². The van der Waals surface area contributed by atoms with E-state index < -0.39 is 0 Å². The number of benzene rings is 1. The van der Waals surface area contributed by atoms with Gasteiger partial charge in [0, 0.05) is 12.2 Å². The van der Waals surface area contributed by atoms with E-state index in [-0.39, 0.29) is 6.61 Å². The molecule has 1 N–H and O–H groups in total. The maximum Gasteiger partial charge on any atom is 0.0466 e. The monoisotopic (exact) mass is 172 g/mol. The summed E-state index contributed by atoms with van der Waals surface area (Å²) in [6.45, 7) is 0.137. The first-order valence-corrected chi connectivity index (χ1v) is 4.21. The molecule has 0 fully saturated rings. The van der Waals surface area contributed by atoms with Gasteiger partial charge in [0.25, 0.3) is 0 Å². The summed E-state index contributed by atoms with van der Waals surface area (Å²) in [6.07, 6.45) is 7.82. The maximum atomic E-state index is 8.64. The molecule has 0 heterocycles. The van der Waals surface area contributed by atoms with Crippen LogP contribution in [0.3, 0.4) is 0 Å². The van der Waals surface area contributed by atoms with E-state index in [1.165, 1.54) is 0 Å². The Balaban J connectivity index is 2.87. The first kappa shape index (κ1) is 9.57. The van der Waals surface area contributed by atoms with E-state index in [1.807, 2.05) is 36.4 Å². The van der Waals surface area contributed by atoms with Crippen LogP contribution in [-0.4, -0.2) is 11.7 Å². The molecule has 0 saturated carbocycles. The van der Waals surface area contributed by atoms with E-state index in [4.69, 9.17) is 11.5 Å². The molecule has 1 aromatic carbocycles. The normalized spacial score (nSPS) is 10.9. The van der Waals surface area contributed by atoms with Crippen LogP contribution in [0, 0.1) is 12.3 Å². The third-order valence-corrected chi connectivity index (χ3v) is 1.72. The summed E-state index contributed by atoms with van der Waals surface area (Å²) in [5.74, 6) is 2.60. The summed E-state index contributed by atoms with van der Waals surface area (Å²) in [5, 5.41) is 8.64. The fourth-order valence-corrected chi connectivity index (χ4v) is 1.09. The number of rotatable bonds is 3. The highest BCUT2D eigenvalue weighted by molar-refractivity contribution is 5.77. The molecule has 0 aromatic heterocycles. The van der Waals surface area contributed by atoms with Crippen LogP contribution in [0.2, 0.25) is 0 Å². The molecule has 0 aliphatic rings. The number of hydrogen-bond donors (Lipinski definition) is 1. The van der Waals surface area contributed by atoms with Crippen molar-refractivity contribution in [2.75, 3.05) is 6.61 Å². The largest absolute Gasteiger partial charge is 0.396 e. The van der Waals surface area contributed by atoms with Gasteiger partial charge in [0.05, 0.1) is 0 Å². The van der Waals surface area contributed by atoms with E-state index in [9.17, 15) is 0 Å². The number of allylic oxidation sites excluding steroid dienone is 1. The zero-order chi connectivity index (χ0) is 9.52. The van der Waals surface area contributed by atoms with Gasteiger partial charge in [0.15, 0.2) is 0 Å². The van der Waals surface area contributed by atoms with Gasteiger partial charge in [0.2, 0.25) is 0 Å². The van der Waals surface area contributed by atoms with Gasteiger partial charge in [-0.05, 0) is 12.0 Å². The predicted octanol–water partition coefficient (Wildman–Crippen LogP) is 2.09. The smallest absolute Gasteiger partial charge is 0.0466 e. The molecular formula is C12H12O. The Bertz CT molecular complexity index is 317. The van der Waals surface area contributed by atoms with Gasteiger partial charge in [-0.25, -0.2) is 0 Å². The van der Waals surface area contributed by atoms with E-state index in [2.05, 4.69) is 5.92 Å². The van der Waals surface area contributed by atoms with Crippen molar-refractivity contribution in [3.05, 3.63) is 42.0 Å². The van der Waals surface area contributed by atoms with Crippen molar-refractivity contribution in [1.29, 1.82) is 0 Å². The maximum absolute atomic E-state index is 8.64. The minimum atomic E-state index is 0.137. The molecule has 13 heavy (non-hydrogen) atoms. The lowest BCUT2D eigenvalue weighted by molar-refractivity contribution is 0.303. The standard InChI is InChI=1S/C12H12O/c1-2-11(9-6-10-13)12-7-4-3-5-8-12/h1,3-5,7-9,13H,6,10H2/b11-9+. The van der Waals surface area contributed by atoms with Crippen LogP contribution in [0.5, 0.6) is 0 Å². The zero-order valence-corrected chi connectivity index (χ0v) is 7.40. The van der Waals surface area contributed by atoms with E-state index >= 15 is 0 Å². The summed E-state index contributed by atoms with van der Waals surface area (Å²) in [6, 6.07) is 9.76. The molecule has 1 nitrogen and oxygen atoms in total. The lowest BCUT2D eigenvalue weighted by Gasteiger charge is -1.98. The highest BCUT2D eigenvalue weighted by Crippen LogP contribution is 2.12. The van der Waals surface area contributed by atoms with Crippen molar-refractivity contribution >= 4 is 5.57 Å². The highest BCUT2D eigenvalue weighted by Gasteiger charge is 1.94. The summed E-state index contributed by atoms with van der Waals surface area (Å²) in [5.41, 5.74) is 1.87. The molecule has 0 amide bonds. The molecule has 0 atom stereocenters. The summed E-state index contributed by atoms with van der Waals surface area (Å²) < 4.78 is 0. The fourth-order valence-electron chi connectivity index (χ4n) is 1.09. The Morgan fingerprint density at radius 3 is 2.62 bits per heavy atom. The molecule has 0 bridgehead atoms. The van der Waals surface area contributed by atoms with Crippen LogP contribution in [0.25, 0.3) is 5.57 Å². The van der Waals surface area contributed by atoms with Gasteiger partial charge < -0.3 is 5.11 Å². The van der Waals surface area contributed by atoms with Crippen molar-refractivity contribution in [1.82, 2.24) is 0 Å². The van der Waals surface area contributed by atoms with Gasteiger partial charge in [-0.3, -0.25) is 0 Å². The SMILES string of the molecule is C#C/C(=C\CCO)c1ccccc1. The van der Waals surface area contributed by atoms with Crippen LogP contribution >= 0.6 is 0 Å². The third kappa shape index (κ3) is 2.77. The minimum absolute atomic E-state index is 0.137. The van der Waals surface area contributed by atoms with Crippen LogP contribution < -0.4 is 0 Å². The second-order valence-corrected chi connectivity index (χ2v) is 2.64. The lowest BCUT2D eigenvalue weighted by Crippen LogP contribution is -1.83. The molecule has 0 aliphatic carbocycles. The lowest BCUT2D eigenvalue weighted by atomic mass is 10.1. The van der Waals surface area contributed by atoms with E-state index in [0.29, 0.717) is 6.42 Å². The Morgan fingerprint density at radius 1 is 1.38 bits per heavy atom. The number of aliphatic hydroxyl groups is 1. The number of terminal acetylenes is 1. The van der Waals surface area contributed by atoms with Crippen molar-refractivity contribution in [3.8, 4) is 12.3 Å². The Labute approximate surface area is 78.7 Å². The fraction of sp³-hybridized carbons (Fsp3) is 0.167. The average Bonchev–Trinajstić information content (AvgIpc) is 2.21.